The van der Waals surface area contributed by atoms with Gasteiger partial charge in [0.15, 0.2) is 0 Å². The van der Waals surface area contributed by atoms with Crippen LogP contribution in [0.1, 0.15) is 5.56 Å². The second-order valence-electron chi connectivity index (χ2n) is 3.48. The summed E-state index contributed by atoms with van der Waals surface area (Å²) in [6.07, 6.45) is 0. The molecule has 0 bridgehead atoms. The lowest BCUT2D eigenvalue weighted by atomic mass is 10.1. The number of ether oxygens (including phenoxy) is 2. The first-order valence-corrected chi connectivity index (χ1v) is 5.08. The molecule has 0 atom stereocenters. The molecule has 1 aromatic heterocycles. The molecule has 0 fully saturated rings. The van der Waals surface area contributed by atoms with Crippen LogP contribution in [0.4, 0.5) is 5.88 Å². The number of nitrogens with zero attached hydrogens (tertiary/aromatic N) is 2. The van der Waals surface area contributed by atoms with Gasteiger partial charge in [0, 0.05) is 11.6 Å². The fraction of sp³-hybridized carbons (Fsp3) is 0.167. The predicted molar refractivity (Wildman–Crippen MR) is 64.2 cm³/mol. The molecule has 2 rings (SSSR count). The van der Waals surface area contributed by atoms with Crippen LogP contribution in [0.5, 0.6) is 11.5 Å². The Morgan fingerprint density at radius 2 is 1.83 bits per heavy atom. The van der Waals surface area contributed by atoms with Crippen LogP contribution in [-0.2, 0) is 0 Å². The van der Waals surface area contributed by atoms with E-state index in [-0.39, 0.29) is 11.4 Å². The van der Waals surface area contributed by atoms with Crippen molar-refractivity contribution in [2.75, 3.05) is 20.0 Å². The number of nitrogen functional groups attached to an aromatic ring is 1. The number of rotatable bonds is 3. The zero-order valence-electron chi connectivity index (χ0n) is 9.93. The summed E-state index contributed by atoms with van der Waals surface area (Å²) in [6.45, 7) is 0. The summed E-state index contributed by atoms with van der Waals surface area (Å²) in [5, 5.41) is 12.8. The number of benzene rings is 1. The summed E-state index contributed by atoms with van der Waals surface area (Å²) in [5.41, 5.74) is 6.73. The third kappa shape index (κ3) is 1.94. The van der Waals surface area contributed by atoms with Crippen molar-refractivity contribution in [3.63, 3.8) is 0 Å². The van der Waals surface area contributed by atoms with Crippen LogP contribution >= 0.6 is 0 Å². The van der Waals surface area contributed by atoms with Crippen LogP contribution in [0, 0.1) is 11.3 Å². The molecule has 2 N–H and O–H groups in total. The Kier molecular flexibility index (Phi) is 3.06. The molecule has 92 valence electrons. The van der Waals surface area contributed by atoms with E-state index in [1.165, 1.54) is 0 Å². The standard InChI is InChI=1S/C12H11N3O3/c1-16-8-3-7(4-9(5-8)17-2)11-10(6-13)12(14)18-15-11/h3-5H,14H2,1-2H3. The highest BCUT2D eigenvalue weighted by molar-refractivity contribution is 5.73. The zero-order valence-corrected chi connectivity index (χ0v) is 9.93. The lowest BCUT2D eigenvalue weighted by Crippen LogP contribution is -1.91. The SMILES string of the molecule is COc1cc(OC)cc(-c2noc(N)c2C#N)c1. The fourth-order valence-electron chi connectivity index (χ4n) is 1.55. The normalized spacial score (nSPS) is 9.83. The van der Waals surface area contributed by atoms with Crippen molar-refractivity contribution in [2.45, 2.75) is 0 Å². The van der Waals surface area contributed by atoms with Crippen LogP contribution in [0.25, 0.3) is 11.3 Å². The van der Waals surface area contributed by atoms with Gasteiger partial charge in [-0.3, -0.25) is 0 Å². The molecule has 18 heavy (non-hydrogen) atoms. The molecular formula is C12H11N3O3. The maximum atomic E-state index is 9.01. The Morgan fingerprint density at radius 1 is 1.22 bits per heavy atom. The minimum atomic E-state index is -0.00529. The molecule has 0 aliphatic heterocycles. The molecule has 0 aliphatic carbocycles. The highest BCUT2D eigenvalue weighted by Gasteiger charge is 2.16. The van der Waals surface area contributed by atoms with Crippen LogP contribution in [0.3, 0.4) is 0 Å². The molecule has 1 aromatic carbocycles. The summed E-state index contributed by atoms with van der Waals surface area (Å²) < 4.78 is 15.1. The molecule has 0 amide bonds. The van der Waals surface area contributed by atoms with Gasteiger partial charge in [0.2, 0.25) is 5.88 Å². The van der Waals surface area contributed by atoms with Gasteiger partial charge in [0.1, 0.15) is 28.8 Å². The van der Waals surface area contributed by atoms with Crippen molar-refractivity contribution in [1.82, 2.24) is 5.16 Å². The fourth-order valence-corrected chi connectivity index (χ4v) is 1.55. The first kappa shape index (κ1) is 11.8. The van der Waals surface area contributed by atoms with Crippen LogP contribution in [0.15, 0.2) is 22.7 Å². The van der Waals surface area contributed by atoms with E-state index < -0.39 is 0 Å². The number of nitriles is 1. The molecule has 0 saturated heterocycles. The summed E-state index contributed by atoms with van der Waals surface area (Å²) in [4.78, 5) is 0. The summed E-state index contributed by atoms with van der Waals surface area (Å²) in [5.74, 6) is 1.18. The molecule has 0 unspecified atom stereocenters. The maximum absolute atomic E-state index is 9.01. The average molecular weight is 245 g/mol. The summed E-state index contributed by atoms with van der Waals surface area (Å²) in [7, 11) is 3.09. The summed E-state index contributed by atoms with van der Waals surface area (Å²) in [6, 6.07) is 7.12. The summed E-state index contributed by atoms with van der Waals surface area (Å²) >= 11 is 0. The Balaban J connectivity index is 2.60. The second kappa shape index (κ2) is 4.67. The van der Waals surface area contributed by atoms with E-state index in [1.54, 1.807) is 32.4 Å². The van der Waals surface area contributed by atoms with Gasteiger partial charge < -0.3 is 19.7 Å². The monoisotopic (exact) mass is 245 g/mol. The molecular weight excluding hydrogens is 234 g/mol. The number of methoxy groups -OCH3 is 2. The maximum Gasteiger partial charge on any atom is 0.240 e. The third-order valence-corrected chi connectivity index (χ3v) is 2.46. The highest BCUT2D eigenvalue weighted by Crippen LogP contribution is 2.32. The van der Waals surface area contributed by atoms with Crippen molar-refractivity contribution in [2.24, 2.45) is 0 Å². The van der Waals surface area contributed by atoms with Crippen molar-refractivity contribution < 1.29 is 14.0 Å². The second-order valence-corrected chi connectivity index (χ2v) is 3.48. The van der Waals surface area contributed by atoms with Crippen molar-refractivity contribution >= 4 is 5.88 Å². The molecule has 6 nitrogen and oxygen atoms in total. The molecule has 2 aromatic rings. The number of anilines is 1. The van der Waals surface area contributed by atoms with Gasteiger partial charge in [0.05, 0.1) is 14.2 Å². The highest BCUT2D eigenvalue weighted by atomic mass is 16.5. The van der Waals surface area contributed by atoms with Gasteiger partial charge in [0.25, 0.3) is 0 Å². The largest absolute Gasteiger partial charge is 0.497 e. The van der Waals surface area contributed by atoms with Gasteiger partial charge in [-0.05, 0) is 12.1 Å². The average Bonchev–Trinajstić information content (AvgIpc) is 2.79. The van der Waals surface area contributed by atoms with E-state index in [2.05, 4.69) is 5.16 Å². The number of hydrogen-bond acceptors (Lipinski definition) is 6. The topological polar surface area (TPSA) is 94.3 Å². The Bertz CT molecular complexity index is 591. The Labute approximate surface area is 104 Å². The van der Waals surface area contributed by atoms with E-state index in [4.69, 9.17) is 25.0 Å². The number of hydrogen-bond donors (Lipinski definition) is 1. The lowest BCUT2D eigenvalue weighted by molar-refractivity contribution is 0.394. The zero-order chi connectivity index (χ0) is 13.1. The number of nitrogens with two attached hydrogens (primary N) is 1. The van der Waals surface area contributed by atoms with E-state index in [0.29, 0.717) is 22.8 Å². The van der Waals surface area contributed by atoms with Gasteiger partial charge in [-0.1, -0.05) is 5.16 Å². The Morgan fingerprint density at radius 3 is 2.33 bits per heavy atom. The molecule has 0 saturated carbocycles. The van der Waals surface area contributed by atoms with Crippen LogP contribution in [0.2, 0.25) is 0 Å². The van der Waals surface area contributed by atoms with Crippen LogP contribution < -0.4 is 15.2 Å². The lowest BCUT2D eigenvalue weighted by Gasteiger charge is -2.06. The molecule has 1 heterocycles. The van der Waals surface area contributed by atoms with E-state index >= 15 is 0 Å². The smallest absolute Gasteiger partial charge is 0.240 e. The van der Waals surface area contributed by atoms with E-state index in [1.807, 2.05) is 6.07 Å². The first-order chi connectivity index (χ1) is 8.69. The molecule has 0 spiro atoms. The molecule has 6 heteroatoms. The predicted octanol–water partition coefficient (Wildman–Crippen LogP) is 1.81. The van der Waals surface area contributed by atoms with E-state index in [9.17, 15) is 0 Å². The van der Waals surface area contributed by atoms with Crippen LogP contribution in [-0.4, -0.2) is 19.4 Å². The molecule has 0 radical (unpaired) electrons. The number of aromatic nitrogens is 1. The van der Waals surface area contributed by atoms with Crippen molar-refractivity contribution in [1.29, 1.82) is 5.26 Å². The van der Waals surface area contributed by atoms with Gasteiger partial charge >= 0.3 is 0 Å². The van der Waals surface area contributed by atoms with Gasteiger partial charge in [-0.2, -0.15) is 5.26 Å². The van der Waals surface area contributed by atoms with Crippen molar-refractivity contribution in [3.05, 3.63) is 23.8 Å². The van der Waals surface area contributed by atoms with E-state index in [0.717, 1.165) is 0 Å². The first-order valence-electron chi connectivity index (χ1n) is 5.08. The Hall–Kier alpha value is -2.68. The van der Waals surface area contributed by atoms with Gasteiger partial charge in [-0.25, -0.2) is 0 Å². The minimum absolute atomic E-state index is 0.00529. The quantitative estimate of drug-likeness (QED) is 0.886. The third-order valence-electron chi connectivity index (χ3n) is 2.46. The minimum Gasteiger partial charge on any atom is -0.497 e. The van der Waals surface area contributed by atoms with Crippen molar-refractivity contribution in [3.8, 4) is 28.8 Å². The molecule has 0 aliphatic rings. The van der Waals surface area contributed by atoms with Gasteiger partial charge in [-0.15, -0.1) is 0 Å².